The second-order valence-electron chi connectivity index (χ2n) is 4.16. The Morgan fingerprint density at radius 3 is 3.00 bits per heavy atom. The lowest BCUT2D eigenvalue weighted by atomic mass is 10.2. The molecular weight excluding hydrogens is 310 g/mol. The van der Waals surface area contributed by atoms with Crippen molar-refractivity contribution < 1.29 is 0 Å². The molecule has 2 heterocycles. The van der Waals surface area contributed by atoms with E-state index in [4.69, 9.17) is 11.6 Å². The van der Waals surface area contributed by atoms with E-state index in [0.29, 0.717) is 5.70 Å². The second kappa shape index (κ2) is 5.96. The Bertz CT molecular complexity index is 689. The number of allylic oxidation sites excluding steroid dienone is 1. The SMILES string of the molecule is N#C/C(=C1/SC[C@H](c2ccccc2Cl)S1)n1ccnc1. The van der Waals surface area contributed by atoms with E-state index in [0.717, 1.165) is 20.6 Å². The van der Waals surface area contributed by atoms with Gasteiger partial charge in [-0.25, -0.2) is 4.98 Å². The summed E-state index contributed by atoms with van der Waals surface area (Å²) in [6, 6.07) is 10.1. The smallest absolute Gasteiger partial charge is 0.145 e. The summed E-state index contributed by atoms with van der Waals surface area (Å²) in [5.41, 5.74) is 1.76. The lowest BCUT2D eigenvalue weighted by Crippen LogP contribution is -1.93. The third kappa shape index (κ3) is 2.59. The first-order valence-electron chi connectivity index (χ1n) is 5.96. The molecule has 0 unspecified atom stereocenters. The van der Waals surface area contributed by atoms with Gasteiger partial charge in [0, 0.05) is 28.4 Å². The molecule has 1 aliphatic heterocycles. The number of imidazole rings is 1. The minimum atomic E-state index is 0.288. The number of nitriles is 1. The lowest BCUT2D eigenvalue weighted by Gasteiger charge is -2.09. The fourth-order valence-electron chi connectivity index (χ4n) is 1.96. The van der Waals surface area contributed by atoms with E-state index in [-0.39, 0.29) is 5.25 Å². The van der Waals surface area contributed by atoms with Crippen LogP contribution >= 0.6 is 35.1 Å². The normalized spacial score (nSPS) is 20.7. The second-order valence-corrected chi connectivity index (χ2v) is 7.07. The van der Waals surface area contributed by atoms with Crippen molar-refractivity contribution in [2.45, 2.75) is 5.25 Å². The van der Waals surface area contributed by atoms with Gasteiger partial charge in [-0.1, -0.05) is 29.8 Å². The molecule has 3 nitrogen and oxygen atoms in total. The number of benzene rings is 1. The minimum Gasteiger partial charge on any atom is -0.296 e. The molecule has 3 rings (SSSR count). The molecule has 0 saturated carbocycles. The van der Waals surface area contributed by atoms with Crippen LogP contribution in [0.2, 0.25) is 5.02 Å². The van der Waals surface area contributed by atoms with Gasteiger partial charge in [-0.05, 0) is 11.6 Å². The summed E-state index contributed by atoms with van der Waals surface area (Å²) in [5.74, 6) is 0.920. The standard InChI is InChI=1S/C14H10ClN3S2/c15-11-4-2-1-3-10(11)13-8-19-14(20-13)12(7-16)18-6-5-17-9-18/h1-6,9,13H,8H2/b14-12+/t13-/m1/s1. The van der Waals surface area contributed by atoms with Gasteiger partial charge in [-0.3, -0.25) is 4.57 Å². The van der Waals surface area contributed by atoms with E-state index in [1.54, 1.807) is 46.8 Å². The molecule has 2 aromatic rings. The number of hydrogen-bond donors (Lipinski definition) is 0. The third-order valence-corrected chi connectivity index (χ3v) is 6.19. The molecule has 0 spiro atoms. The van der Waals surface area contributed by atoms with Crippen molar-refractivity contribution >= 4 is 40.8 Å². The molecule has 1 saturated heterocycles. The number of thioether (sulfide) groups is 2. The topological polar surface area (TPSA) is 41.6 Å². The van der Waals surface area contributed by atoms with Crippen LogP contribution < -0.4 is 0 Å². The molecule has 1 aliphatic rings. The monoisotopic (exact) mass is 319 g/mol. The van der Waals surface area contributed by atoms with E-state index in [9.17, 15) is 5.26 Å². The quantitative estimate of drug-likeness (QED) is 0.769. The number of hydrogen-bond acceptors (Lipinski definition) is 4. The highest BCUT2D eigenvalue weighted by Crippen LogP contribution is 2.53. The van der Waals surface area contributed by atoms with Gasteiger partial charge in [0.05, 0.1) is 10.6 Å². The molecule has 20 heavy (non-hydrogen) atoms. The summed E-state index contributed by atoms with van der Waals surface area (Å²) < 4.78 is 2.78. The van der Waals surface area contributed by atoms with Crippen molar-refractivity contribution in [3.63, 3.8) is 0 Å². The molecule has 1 aromatic carbocycles. The van der Waals surface area contributed by atoms with Crippen molar-refractivity contribution in [1.82, 2.24) is 9.55 Å². The molecule has 100 valence electrons. The van der Waals surface area contributed by atoms with E-state index >= 15 is 0 Å². The molecule has 1 fully saturated rings. The van der Waals surface area contributed by atoms with Gasteiger partial charge >= 0.3 is 0 Å². The van der Waals surface area contributed by atoms with Crippen molar-refractivity contribution in [3.05, 3.63) is 57.8 Å². The Kier molecular flexibility index (Phi) is 4.06. The Labute approximate surface area is 130 Å². The Hall–Kier alpha value is -1.35. The van der Waals surface area contributed by atoms with Gasteiger partial charge in [0.2, 0.25) is 0 Å². The van der Waals surface area contributed by atoms with E-state index in [1.165, 1.54) is 0 Å². The maximum atomic E-state index is 9.36. The zero-order valence-electron chi connectivity index (χ0n) is 10.4. The summed E-state index contributed by atoms with van der Waals surface area (Å²) in [4.78, 5) is 3.99. The van der Waals surface area contributed by atoms with E-state index in [2.05, 4.69) is 11.1 Å². The number of nitrogens with zero attached hydrogens (tertiary/aromatic N) is 3. The van der Waals surface area contributed by atoms with Crippen molar-refractivity contribution in [2.75, 3.05) is 5.75 Å². The predicted molar refractivity (Wildman–Crippen MR) is 85.3 cm³/mol. The van der Waals surface area contributed by atoms with Gasteiger partial charge in [-0.2, -0.15) is 5.26 Å². The first-order valence-corrected chi connectivity index (χ1v) is 8.20. The summed E-state index contributed by atoms with van der Waals surface area (Å²) in [5, 5.41) is 10.4. The van der Waals surface area contributed by atoms with E-state index < -0.39 is 0 Å². The van der Waals surface area contributed by atoms with Gasteiger partial charge in [-0.15, -0.1) is 23.5 Å². The molecule has 1 atom stereocenters. The van der Waals surface area contributed by atoms with Gasteiger partial charge in [0.15, 0.2) is 0 Å². The van der Waals surface area contributed by atoms with Crippen LogP contribution in [0, 0.1) is 11.3 Å². The molecular formula is C14H10ClN3S2. The average molecular weight is 320 g/mol. The highest BCUT2D eigenvalue weighted by atomic mass is 35.5. The zero-order valence-corrected chi connectivity index (χ0v) is 12.8. The number of rotatable bonds is 2. The van der Waals surface area contributed by atoms with Crippen LogP contribution in [-0.2, 0) is 0 Å². The molecule has 0 N–H and O–H groups in total. The number of aromatic nitrogens is 2. The average Bonchev–Trinajstić information content (AvgIpc) is 3.12. The first-order chi connectivity index (χ1) is 9.79. The Morgan fingerprint density at radius 2 is 2.30 bits per heavy atom. The van der Waals surface area contributed by atoms with E-state index in [1.807, 2.05) is 24.3 Å². The fourth-order valence-corrected chi connectivity index (χ4v) is 5.22. The fraction of sp³-hybridized carbons (Fsp3) is 0.143. The summed E-state index contributed by atoms with van der Waals surface area (Å²) in [6.07, 6.45) is 5.11. The summed E-state index contributed by atoms with van der Waals surface area (Å²) in [6.45, 7) is 0. The summed E-state index contributed by atoms with van der Waals surface area (Å²) >= 11 is 9.64. The maximum Gasteiger partial charge on any atom is 0.145 e. The van der Waals surface area contributed by atoms with Gasteiger partial charge < -0.3 is 0 Å². The highest BCUT2D eigenvalue weighted by molar-refractivity contribution is 8.25. The zero-order chi connectivity index (χ0) is 13.9. The van der Waals surface area contributed by atoms with Crippen molar-refractivity contribution in [2.24, 2.45) is 0 Å². The highest BCUT2D eigenvalue weighted by Gasteiger charge is 2.27. The number of halogens is 1. The van der Waals surface area contributed by atoms with Crippen LogP contribution in [0.4, 0.5) is 0 Å². The molecule has 0 bridgehead atoms. The molecule has 1 aromatic heterocycles. The maximum absolute atomic E-state index is 9.36. The van der Waals surface area contributed by atoms with Crippen LogP contribution in [0.5, 0.6) is 0 Å². The molecule has 0 radical (unpaired) electrons. The van der Waals surface area contributed by atoms with Gasteiger partial charge in [0.1, 0.15) is 11.8 Å². The summed E-state index contributed by atoms with van der Waals surface area (Å²) in [7, 11) is 0. The van der Waals surface area contributed by atoms with Crippen LogP contribution in [0.1, 0.15) is 10.8 Å². The van der Waals surface area contributed by atoms with Crippen LogP contribution in [0.25, 0.3) is 5.70 Å². The van der Waals surface area contributed by atoms with Crippen molar-refractivity contribution in [1.29, 1.82) is 5.26 Å². The van der Waals surface area contributed by atoms with Crippen LogP contribution in [0.15, 0.2) is 47.2 Å². The predicted octanol–water partition coefficient (Wildman–Crippen LogP) is 4.41. The van der Waals surface area contributed by atoms with Crippen molar-refractivity contribution in [3.8, 4) is 6.07 Å². The molecule has 0 amide bonds. The Balaban J connectivity index is 1.90. The molecule has 0 aliphatic carbocycles. The first kappa shape index (κ1) is 13.6. The van der Waals surface area contributed by atoms with Crippen LogP contribution in [0.3, 0.4) is 0 Å². The third-order valence-electron chi connectivity index (χ3n) is 2.93. The minimum absolute atomic E-state index is 0.288. The van der Waals surface area contributed by atoms with Gasteiger partial charge in [0.25, 0.3) is 0 Å². The Morgan fingerprint density at radius 1 is 1.45 bits per heavy atom. The lowest BCUT2D eigenvalue weighted by molar-refractivity contribution is 1.10. The van der Waals surface area contributed by atoms with Crippen LogP contribution in [-0.4, -0.2) is 15.3 Å². The molecule has 6 heteroatoms. The largest absolute Gasteiger partial charge is 0.296 e.